The van der Waals surface area contributed by atoms with Gasteiger partial charge in [0.2, 0.25) is 0 Å². The fraction of sp³-hybridized carbons (Fsp3) is 0. The number of aromatic nitrogens is 1. The third-order valence-corrected chi connectivity index (χ3v) is 2.16. The lowest BCUT2D eigenvalue weighted by Crippen LogP contribution is -2.13. The molecule has 0 unspecified atom stereocenters. The molecular weight excluding hydrogens is 242 g/mol. The van der Waals surface area contributed by atoms with E-state index in [0.717, 1.165) is 24.4 Å². The normalized spacial score (nSPS) is 10.1. The number of carbonyl (C=O) groups is 1. The van der Waals surface area contributed by atoms with Crippen LogP contribution in [0.5, 0.6) is 5.75 Å². The Labute approximate surface area is 101 Å². The molecule has 2 rings (SSSR count). The van der Waals surface area contributed by atoms with Crippen molar-refractivity contribution in [1.82, 2.24) is 4.98 Å². The van der Waals surface area contributed by atoms with Gasteiger partial charge in [-0.1, -0.05) is 0 Å². The van der Waals surface area contributed by atoms with E-state index in [9.17, 15) is 13.6 Å². The van der Waals surface area contributed by atoms with Gasteiger partial charge in [-0.05, 0) is 18.2 Å². The second-order valence-electron chi connectivity index (χ2n) is 3.51. The van der Waals surface area contributed by atoms with Gasteiger partial charge in [-0.15, -0.1) is 0 Å². The summed E-state index contributed by atoms with van der Waals surface area (Å²) in [6.07, 6.45) is 2.35. The van der Waals surface area contributed by atoms with E-state index in [1.807, 2.05) is 0 Å². The van der Waals surface area contributed by atoms with Gasteiger partial charge in [0.1, 0.15) is 17.4 Å². The number of aromatic hydroxyl groups is 1. The summed E-state index contributed by atoms with van der Waals surface area (Å²) in [5, 5.41) is 11.3. The zero-order valence-corrected chi connectivity index (χ0v) is 9.02. The van der Waals surface area contributed by atoms with Crippen LogP contribution in [-0.2, 0) is 0 Å². The number of carbonyl (C=O) groups excluding carboxylic acids is 1. The summed E-state index contributed by atoms with van der Waals surface area (Å²) in [5.41, 5.74) is -0.234. The van der Waals surface area contributed by atoms with Crippen LogP contribution in [0, 0.1) is 11.6 Å². The molecule has 6 heteroatoms. The van der Waals surface area contributed by atoms with E-state index in [2.05, 4.69) is 10.3 Å². The molecule has 0 saturated heterocycles. The van der Waals surface area contributed by atoms with Gasteiger partial charge in [0.25, 0.3) is 5.91 Å². The Bertz CT molecular complexity index is 602. The molecule has 0 fully saturated rings. The number of nitrogens with one attached hydrogen (secondary N) is 1. The van der Waals surface area contributed by atoms with Crippen molar-refractivity contribution in [2.24, 2.45) is 0 Å². The van der Waals surface area contributed by atoms with Crippen LogP contribution < -0.4 is 5.32 Å². The monoisotopic (exact) mass is 250 g/mol. The molecule has 1 heterocycles. The van der Waals surface area contributed by atoms with Crippen molar-refractivity contribution >= 4 is 11.6 Å². The Morgan fingerprint density at radius 3 is 2.72 bits per heavy atom. The molecule has 1 aromatic heterocycles. The minimum Gasteiger partial charge on any atom is -0.506 e. The van der Waals surface area contributed by atoms with Crippen LogP contribution in [0.4, 0.5) is 14.5 Å². The van der Waals surface area contributed by atoms with Crippen molar-refractivity contribution in [3.63, 3.8) is 0 Å². The van der Waals surface area contributed by atoms with Gasteiger partial charge in [-0.2, -0.15) is 0 Å². The summed E-state index contributed by atoms with van der Waals surface area (Å²) in [4.78, 5) is 15.3. The summed E-state index contributed by atoms with van der Waals surface area (Å²) in [6.45, 7) is 0. The van der Waals surface area contributed by atoms with Gasteiger partial charge >= 0.3 is 0 Å². The van der Waals surface area contributed by atoms with E-state index in [0.29, 0.717) is 0 Å². The van der Waals surface area contributed by atoms with E-state index in [-0.39, 0.29) is 17.0 Å². The Kier molecular flexibility index (Phi) is 3.18. The molecule has 4 nitrogen and oxygen atoms in total. The zero-order chi connectivity index (χ0) is 13.1. The van der Waals surface area contributed by atoms with Gasteiger partial charge in [-0.25, -0.2) is 8.78 Å². The van der Waals surface area contributed by atoms with Crippen molar-refractivity contribution < 1.29 is 18.7 Å². The van der Waals surface area contributed by atoms with Crippen LogP contribution >= 0.6 is 0 Å². The molecule has 1 amide bonds. The van der Waals surface area contributed by atoms with Crippen LogP contribution in [0.3, 0.4) is 0 Å². The van der Waals surface area contributed by atoms with E-state index in [4.69, 9.17) is 5.11 Å². The quantitative estimate of drug-likeness (QED) is 0.859. The lowest BCUT2D eigenvalue weighted by molar-refractivity contribution is 0.102. The lowest BCUT2D eigenvalue weighted by atomic mass is 10.2. The van der Waals surface area contributed by atoms with Gasteiger partial charge in [-0.3, -0.25) is 9.78 Å². The molecule has 2 N–H and O–H groups in total. The number of hydrogen-bond acceptors (Lipinski definition) is 3. The maximum atomic E-state index is 13.3. The average molecular weight is 250 g/mol. The van der Waals surface area contributed by atoms with Gasteiger partial charge < -0.3 is 10.4 Å². The molecule has 0 aliphatic heterocycles. The van der Waals surface area contributed by atoms with Gasteiger partial charge in [0.05, 0.1) is 17.4 Å². The molecule has 0 aliphatic carbocycles. The third-order valence-electron chi connectivity index (χ3n) is 2.16. The highest BCUT2D eigenvalue weighted by Crippen LogP contribution is 2.17. The van der Waals surface area contributed by atoms with Crippen LogP contribution in [0.15, 0.2) is 36.7 Å². The highest BCUT2D eigenvalue weighted by Gasteiger charge is 2.11. The first-order chi connectivity index (χ1) is 8.56. The summed E-state index contributed by atoms with van der Waals surface area (Å²) in [5.74, 6) is -2.30. The maximum Gasteiger partial charge on any atom is 0.257 e. The molecule has 92 valence electrons. The van der Waals surface area contributed by atoms with Crippen molar-refractivity contribution in [3.05, 3.63) is 53.9 Å². The first-order valence-corrected chi connectivity index (χ1v) is 4.96. The van der Waals surface area contributed by atoms with Crippen molar-refractivity contribution in [3.8, 4) is 5.75 Å². The topological polar surface area (TPSA) is 62.2 Å². The first-order valence-electron chi connectivity index (χ1n) is 4.96. The minimum atomic E-state index is -0.752. The van der Waals surface area contributed by atoms with E-state index >= 15 is 0 Å². The molecule has 0 atom stereocenters. The number of pyridine rings is 1. The number of benzene rings is 1. The second-order valence-corrected chi connectivity index (χ2v) is 3.51. The Hall–Kier alpha value is -2.50. The first kappa shape index (κ1) is 12.0. The second kappa shape index (κ2) is 4.79. The number of rotatable bonds is 2. The largest absolute Gasteiger partial charge is 0.506 e. The molecule has 0 spiro atoms. The molecular formula is C12H8F2N2O2. The lowest BCUT2D eigenvalue weighted by Gasteiger charge is -2.06. The van der Waals surface area contributed by atoms with Crippen LogP contribution in [0.2, 0.25) is 0 Å². The van der Waals surface area contributed by atoms with Crippen molar-refractivity contribution in [2.45, 2.75) is 0 Å². The van der Waals surface area contributed by atoms with Gasteiger partial charge in [0, 0.05) is 12.3 Å². The minimum absolute atomic E-state index is 0.0404. The predicted octanol–water partition coefficient (Wildman–Crippen LogP) is 2.32. The molecule has 1 aromatic carbocycles. The van der Waals surface area contributed by atoms with E-state index in [1.165, 1.54) is 12.3 Å². The average Bonchev–Trinajstić information content (AvgIpc) is 2.34. The third kappa shape index (κ3) is 2.60. The number of anilines is 1. The Balaban J connectivity index is 2.24. The fourth-order valence-electron chi connectivity index (χ4n) is 1.34. The number of halogens is 2. The molecule has 0 radical (unpaired) electrons. The van der Waals surface area contributed by atoms with Crippen LogP contribution in [-0.4, -0.2) is 16.0 Å². The highest BCUT2D eigenvalue weighted by atomic mass is 19.1. The van der Waals surface area contributed by atoms with E-state index < -0.39 is 17.5 Å². The number of nitrogens with zero attached hydrogens (tertiary/aromatic N) is 1. The summed E-state index contributed by atoms with van der Waals surface area (Å²) in [7, 11) is 0. The SMILES string of the molecule is O=C(Nc1cc(F)ccc1F)c1cncc(O)c1. The standard InChI is InChI=1S/C12H8F2N2O2/c13-8-1-2-10(14)11(4-8)16-12(18)7-3-9(17)6-15-5-7/h1-6,17H,(H,16,18). The smallest absolute Gasteiger partial charge is 0.257 e. The highest BCUT2D eigenvalue weighted by molar-refractivity contribution is 6.04. The molecule has 0 aliphatic rings. The predicted molar refractivity (Wildman–Crippen MR) is 60.2 cm³/mol. The maximum absolute atomic E-state index is 13.3. The summed E-state index contributed by atoms with van der Waals surface area (Å²) >= 11 is 0. The number of amides is 1. The van der Waals surface area contributed by atoms with Gasteiger partial charge in [0.15, 0.2) is 0 Å². The van der Waals surface area contributed by atoms with Crippen molar-refractivity contribution in [1.29, 1.82) is 0 Å². The number of hydrogen-bond donors (Lipinski definition) is 2. The summed E-state index contributed by atoms with van der Waals surface area (Å²) < 4.78 is 26.2. The zero-order valence-electron chi connectivity index (χ0n) is 9.02. The molecule has 2 aromatic rings. The fourth-order valence-corrected chi connectivity index (χ4v) is 1.34. The molecule has 0 saturated carbocycles. The van der Waals surface area contributed by atoms with E-state index in [1.54, 1.807) is 0 Å². The van der Waals surface area contributed by atoms with Crippen LogP contribution in [0.25, 0.3) is 0 Å². The Morgan fingerprint density at radius 1 is 1.22 bits per heavy atom. The molecule has 18 heavy (non-hydrogen) atoms. The summed E-state index contributed by atoms with van der Waals surface area (Å²) in [6, 6.07) is 3.88. The van der Waals surface area contributed by atoms with Crippen LogP contribution in [0.1, 0.15) is 10.4 Å². The van der Waals surface area contributed by atoms with Crippen molar-refractivity contribution in [2.75, 3.05) is 5.32 Å². The molecule has 0 bridgehead atoms. The Morgan fingerprint density at radius 2 is 2.00 bits per heavy atom.